The molecular formula is C15H14ClNO3. The van der Waals surface area contributed by atoms with Crippen LogP contribution in [0.15, 0.2) is 30.3 Å². The van der Waals surface area contributed by atoms with E-state index in [2.05, 4.69) is 0 Å². The minimum atomic E-state index is -1.09. The van der Waals surface area contributed by atoms with Crippen LogP contribution in [-0.2, 0) is 0 Å². The first-order valence-corrected chi connectivity index (χ1v) is 6.33. The summed E-state index contributed by atoms with van der Waals surface area (Å²) in [6.07, 6.45) is 0. The van der Waals surface area contributed by atoms with Crippen LogP contribution in [0.2, 0.25) is 5.02 Å². The maximum absolute atomic E-state index is 11.2. The number of aryl methyl sites for hydroxylation is 2. The summed E-state index contributed by atoms with van der Waals surface area (Å²) in [4.78, 5) is 11.2. The molecule has 0 heterocycles. The van der Waals surface area contributed by atoms with Gasteiger partial charge >= 0.3 is 5.97 Å². The van der Waals surface area contributed by atoms with E-state index in [4.69, 9.17) is 27.2 Å². The van der Waals surface area contributed by atoms with Gasteiger partial charge in [-0.15, -0.1) is 0 Å². The molecule has 0 spiro atoms. The van der Waals surface area contributed by atoms with Crippen molar-refractivity contribution in [2.45, 2.75) is 13.8 Å². The highest BCUT2D eigenvalue weighted by atomic mass is 35.5. The number of anilines is 1. The first kappa shape index (κ1) is 14.2. The van der Waals surface area contributed by atoms with Crippen LogP contribution in [0, 0.1) is 13.8 Å². The first-order chi connectivity index (χ1) is 9.38. The van der Waals surface area contributed by atoms with Crippen LogP contribution in [0.5, 0.6) is 11.5 Å². The van der Waals surface area contributed by atoms with E-state index in [1.54, 1.807) is 18.2 Å². The molecule has 5 heteroatoms. The number of rotatable bonds is 3. The average molecular weight is 292 g/mol. The predicted octanol–water partition coefficient (Wildman–Crippen LogP) is 4.03. The number of nitrogens with two attached hydrogens (primary N) is 1. The van der Waals surface area contributed by atoms with Gasteiger partial charge in [-0.05, 0) is 55.3 Å². The largest absolute Gasteiger partial charge is 0.478 e. The third-order valence-electron chi connectivity index (χ3n) is 2.87. The molecule has 2 aromatic rings. The molecule has 0 aliphatic carbocycles. The van der Waals surface area contributed by atoms with Gasteiger partial charge in [0.2, 0.25) is 0 Å². The van der Waals surface area contributed by atoms with Crippen LogP contribution in [0.25, 0.3) is 0 Å². The lowest BCUT2D eigenvalue weighted by atomic mass is 10.1. The minimum absolute atomic E-state index is 0.0234. The molecule has 0 radical (unpaired) electrons. The van der Waals surface area contributed by atoms with E-state index in [0.717, 1.165) is 11.1 Å². The summed E-state index contributed by atoms with van der Waals surface area (Å²) < 4.78 is 5.65. The minimum Gasteiger partial charge on any atom is -0.478 e. The van der Waals surface area contributed by atoms with Crippen molar-refractivity contribution in [1.82, 2.24) is 0 Å². The summed E-state index contributed by atoms with van der Waals surface area (Å²) in [6.45, 7) is 3.73. The quantitative estimate of drug-likeness (QED) is 0.837. The molecule has 0 aliphatic heterocycles. The third-order valence-corrected chi connectivity index (χ3v) is 3.47. The number of ether oxygens (including phenoxy) is 1. The molecule has 0 fully saturated rings. The lowest BCUT2D eigenvalue weighted by Crippen LogP contribution is -2.01. The average Bonchev–Trinajstić information content (AvgIpc) is 2.37. The monoisotopic (exact) mass is 291 g/mol. The fraction of sp³-hybridized carbons (Fsp3) is 0.133. The molecule has 0 aromatic heterocycles. The van der Waals surface area contributed by atoms with Crippen LogP contribution < -0.4 is 10.5 Å². The van der Waals surface area contributed by atoms with E-state index in [-0.39, 0.29) is 11.3 Å². The Labute approximate surface area is 121 Å². The second-order valence-corrected chi connectivity index (χ2v) is 4.91. The van der Waals surface area contributed by atoms with Gasteiger partial charge in [-0.2, -0.15) is 0 Å². The molecule has 0 aliphatic rings. The van der Waals surface area contributed by atoms with Gasteiger partial charge in [0.15, 0.2) is 0 Å². The maximum Gasteiger partial charge on any atom is 0.339 e. The Balaban J connectivity index is 2.42. The smallest absolute Gasteiger partial charge is 0.339 e. The van der Waals surface area contributed by atoms with Crippen molar-refractivity contribution in [2.24, 2.45) is 0 Å². The number of carboxylic acids is 1. The Morgan fingerprint density at radius 1 is 1.20 bits per heavy atom. The summed E-state index contributed by atoms with van der Waals surface area (Å²) in [7, 11) is 0. The van der Waals surface area contributed by atoms with Crippen molar-refractivity contribution in [2.75, 3.05) is 5.73 Å². The fourth-order valence-corrected chi connectivity index (χ4v) is 2.00. The molecule has 2 aromatic carbocycles. The lowest BCUT2D eigenvalue weighted by Gasteiger charge is -2.12. The van der Waals surface area contributed by atoms with Gasteiger partial charge in [-0.1, -0.05) is 11.6 Å². The molecular weight excluding hydrogens is 278 g/mol. The van der Waals surface area contributed by atoms with Gasteiger partial charge in [0.25, 0.3) is 0 Å². The molecule has 0 amide bonds. The molecule has 0 unspecified atom stereocenters. The number of benzene rings is 2. The topological polar surface area (TPSA) is 72.5 Å². The molecule has 3 N–H and O–H groups in total. The van der Waals surface area contributed by atoms with E-state index in [9.17, 15) is 4.79 Å². The number of halogens is 1. The summed E-state index contributed by atoms with van der Waals surface area (Å²) >= 11 is 6.09. The molecule has 0 saturated heterocycles. The van der Waals surface area contributed by atoms with Crippen molar-refractivity contribution in [3.63, 3.8) is 0 Å². The summed E-state index contributed by atoms with van der Waals surface area (Å²) in [5.74, 6) is -0.306. The van der Waals surface area contributed by atoms with Gasteiger partial charge in [0, 0.05) is 10.7 Å². The number of aromatic carboxylic acids is 1. The van der Waals surface area contributed by atoms with Crippen LogP contribution in [0.4, 0.5) is 5.69 Å². The Hall–Kier alpha value is -2.20. The molecule has 2 rings (SSSR count). The van der Waals surface area contributed by atoms with Gasteiger partial charge < -0.3 is 15.6 Å². The van der Waals surface area contributed by atoms with Gasteiger partial charge in [-0.3, -0.25) is 0 Å². The fourth-order valence-electron chi connectivity index (χ4n) is 1.90. The standard InChI is InChI=1S/C15H14ClNO3/c1-8-5-11(6-9(2)14(8)16)20-13-4-3-10(17)7-12(13)15(18)19/h3-7H,17H2,1-2H3,(H,18,19). The second kappa shape index (κ2) is 5.43. The second-order valence-electron chi connectivity index (χ2n) is 4.53. The summed E-state index contributed by atoms with van der Waals surface area (Å²) in [6, 6.07) is 8.03. The van der Waals surface area contributed by atoms with E-state index in [1.165, 1.54) is 12.1 Å². The summed E-state index contributed by atoms with van der Waals surface area (Å²) in [5.41, 5.74) is 7.73. The Morgan fingerprint density at radius 3 is 2.35 bits per heavy atom. The van der Waals surface area contributed by atoms with Gasteiger partial charge in [0.05, 0.1) is 0 Å². The van der Waals surface area contributed by atoms with E-state index in [0.29, 0.717) is 16.5 Å². The highest BCUT2D eigenvalue weighted by Crippen LogP contribution is 2.31. The molecule has 0 saturated carbocycles. The van der Waals surface area contributed by atoms with Crippen molar-refractivity contribution >= 4 is 23.3 Å². The Kier molecular flexibility index (Phi) is 3.86. The van der Waals surface area contributed by atoms with Crippen LogP contribution in [0.1, 0.15) is 21.5 Å². The molecule has 104 valence electrons. The van der Waals surface area contributed by atoms with E-state index in [1.807, 2.05) is 13.8 Å². The molecule has 20 heavy (non-hydrogen) atoms. The zero-order valence-electron chi connectivity index (χ0n) is 11.1. The Morgan fingerprint density at radius 2 is 1.80 bits per heavy atom. The first-order valence-electron chi connectivity index (χ1n) is 5.96. The van der Waals surface area contributed by atoms with E-state index < -0.39 is 5.97 Å². The predicted molar refractivity (Wildman–Crippen MR) is 78.8 cm³/mol. The van der Waals surface area contributed by atoms with Crippen LogP contribution >= 0.6 is 11.6 Å². The number of nitrogen functional groups attached to an aromatic ring is 1. The normalized spacial score (nSPS) is 10.3. The molecule has 0 atom stereocenters. The van der Waals surface area contributed by atoms with Crippen molar-refractivity contribution < 1.29 is 14.6 Å². The van der Waals surface area contributed by atoms with Crippen LogP contribution in [0.3, 0.4) is 0 Å². The van der Waals surface area contributed by atoms with Crippen LogP contribution in [-0.4, -0.2) is 11.1 Å². The number of hydrogen-bond acceptors (Lipinski definition) is 3. The summed E-state index contributed by atoms with van der Waals surface area (Å²) in [5, 5.41) is 9.84. The third kappa shape index (κ3) is 2.86. The van der Waals surface area contributed by atoms with Gasteiger partial charge in [0.1, 0.15) is 17.1 Å². The number of carbonyl (C=O) groups is 1. The van der Waals surface area contributed by atoms with E-state index >= 15 is 0 Å². The Bertz CT molecular complexity index is 660. The number of carboxylic acid groups (broad SMARTS) is 1. The highest BCUT2D eigenvalue weighted by Gasteiger charge is 2.13. The molecule has 0 bridgehead atoms. The molecule has 4 nitrogen and oxygen atoms in total. The van der Waals surface area contributed by atoms with Crippen molar-refractivity contribution in [3.8, 4) is 11.5 Å². The lowest BCUT2D eigenvalue weighted by molar-refractivity contribution is 0.0694. The zero-order valence-corrected chi connectivity index (χ0v) is 11.9. The van der Waals surface area contributed by atoms with Crippen molar-refractivity contribution in [1.29, 1.82) is 0 Å². The SMILES string of the molecule is Cc1cc(Oc2ccc(N)cc2C(=O)O)cc(C)c1Cl. The van der Waals surface area contributed by atoms with Crippen molar-refractivity contribution in [3.05, 3.63) is 52.0 Å². The highest BCUT2D eigenvalue weighted by molar-refractivity contribution is 6.32. The zero-order chi connectivity index (χ0) is 14.9. The maximum atomic E-state index is 11.2. The van der Waals surface area contributed by atoms with Gasteiger partial charge in [-0.25, -0.2) is 4.79 Å². The number of hydrogen-bond donors (Lipinski definition) is 2.